The molecule has 0 saturated heterocycles. The van der Waals surface area contributed by atoms with Crippen molar-refractivity contribution in [2.45, 2.75) is 20.8 Å². The third kappa shape index (κ3) is 5.72. The van der Waals surface area contributed by atoms with Crippen LogP contribution in [0.1, 0.15) is 33.3 Å². The maximum atomic E-state index is 12.4. The summed E-state index contributed by atoms with van der Waals surface area (Å²) in [6, 6.07) is 5.70. The van der Waals surface area contributed by atoms with Crippen LogP contribution in [0.2, 0.25) is 0 Å². The van der Waals surface area contributed by atoms with Gasteiger partial charge in [-0.1, -0.05) is 0 Å². The Morgan fingerprint density at radius 2 is 1.86 bits per heavy atom. The first-order valence-corrected chi connectivity index (χ1v) is 9.36. The molecule has 0 aliphatic rings. The number of aryl methyl sites for hydroxylation is 1. The highest BCUT2D eigenvalue weighted by atomic mass is 32.1. The topological polar surface area (TPSA) is 128 Å². The molecule has 152 valence electrons. The van der Waals surface area contributed by atoms with Gasteiger partial charge in [-0.25, -0.2) is 4.79 Å². The van der Waals surface area contributed by atoms with Crippen molar-refractivity contribution < 1.29 is 24.0 Å². The lowest BCUT2D eigenvalue weighted by molar-refractivity contribution is -0.384. The average Bonchev–Trinajstić information content (AvgIpc) is 2.94. The van der Waals surface area contributed by atoms with E-state index in [9.17, 15) is 24.5 Å². The molecule has 0 radical (unpaired) electrons. The van der Waals surface area contributed by atoms with E-state index in [4.69, 9.17) is 4.74 Å². The zero-order valence-corrected chi connectivity index (χ0v) is 16.8. The first-order valence-electron chi connectivity index (χ1n) is 8.54. The van der Waals surface area contributed by atoms with Crippen LogP contribution in [0.4, 0.5) is 15.5 Å². The van der Waals surface area contributed by atoms with E-state index in [1.54, 1.807) is 20.8 Å². The molecule has 1 aromatic heterocycles. The number of rotatable bonds is 6. The maximum Gasteiger partial charge on any atom is 0.414 e. The number of nitro benzene ring substituents is 1. The lowest BCUT2D eigenvalue weighted by Crippen LogP contribution is -2.31. The second-order valence-electron chi connectivity index (χ2n) is 5.83. The molecule has 0 aliphatic heterocycles. The van der Waals surface area contributed by atoms with Crippen molar-refractivity contribution in [3.8, 4) is 0 Å². The Morgan fingerprint density at radius 3 is 2.45 bits per heavy atom. The molecule has 10 heteroatoms. The minimum atomic E-state index is -0.865. The zero-order chi connectivity index (χ0) is 21.6. The van der Waals surface area contributed by atoms with Crippen molar-refractivity contribution in [3.63, 3.8) is 0 Å². The van der Waals surface area contributed by atoms with Crippen LogP contribution in [0, 0.1) is 24.0 Å². The molecule has 0 atom stereocenters. The molecule has 2 aromatic rings. The van der Waals surface area contributed by atoms with Gasteiger partial charge in [0.2, 0.25) is 5.91 Å². The van der Waals surface area contributed by atoms with Crippen molar-refractivity contribution in [2.24, 2.45) is 0 Å². The Balaban J connectivity index is 2.13. The second-order valence-corrected chi connectivity index (χ2v) is 7.06. The molecule has 0 fully saturated rings. The van der Waals surface area contributed by atoms with Gasteiger partial charge in [-0.2, -0.15) is 0 Å². The Bertz CT molecular complexity index is 979. The zero-order valence-electron chi connectivity index (χ0n) is 16.0. The van der Waals surface area contributed by atoms with Gasteiger partial charge in [0, 0.05) is 23.1 Å². The van der Waals surface area contributed by atoms with Crippen LogP contribution >= 0.6 is 11.3 Å². The summed E-state index contributed by atoms with van der Waals surface area (Å²) < 4.78 is 4.70. The summed E-state index contributed by atoms with van der Waals surface area (Å²) >= 11 is 1.21. The van der Waals surface area contributed by atoms with Crippen LogP contribution in [0.15, 0.2) is 30.3 Å². The van der Waals surface area contributed by atoms with E-state index in [-0.39, 0.29) is 17.9 Å². The number of anilines is 1. The number of imide groups is 1. The van der Waals surface area contributed by atoms with Crippen molar-refractivity contribution >= 4 is 46.0 Å². The van der Waals surface area contributed by atoms with Gasteiger partial charge in [0.1, 0.15) is 5.00 Å². The van der Waals surface area contributed by atoms with Gasteiger partial charge in [-0.15, -0.1) is 11.3 Å². The molecule has 0 unspecified atom stereocenters. The van der Waals surface area contributed by atoms with E-state index < -0.39 is 22.8 Å². The third-order valence-corrected chi connectivity index (χ3v) is 4.99. The third-order valence-electron chi connectivity index (χ3n) is 3.87. The Kier molecular flexibility index (Phi) is 7.21. The number of carbonyl (C=O) groups excluding carboxylic acids is 3. The highest BCUT2D eigenvalue weighted by Gasteiger charge is 2.22. The van der Waals surface area contributed by atoms with Crippen molar-refractivity contribution in [1.82, 2.24) is 5.32 Å². The number of nitrogens with one attached hydrogen (secondary N) is 2. The fraction of sp³-hybridized carbons (Fsp3) is 0.211. The predicted octanol–water partition coefficient (Wildman–Crippen LogP) is 3.81. The average molecular weight is 417 g/mol. The number of nitrogens with zero attached hydrogens (tertiary/aromatic N) is 1. The monoisotopic (exact) mass is 417 g/mol. The van der Waals surface area contributed by atoms with Gasteiger partial charge in [0.15, 0.2) is 0 Å². The van der Waals surface area contributed by atoms with Crippen LogP contribution in [0.25, 0.3) is 6.08 Å². The number of non-ortho nitro benzene ring substituents is 1. The minimum Gasteiger partial charge on any atom is -0.450 e. The maximum absolute atomic E-state index is 12.4. The summed E-state index contributed by atoms with van der Waals surface area (Å²) in [4.78, 5) is 47.1. The summed E-state index contributed by atoms with van der Waals surface area (Å²) in [5.74, 6) is -1.16. The van der Waals surface area contributed by atoms with Crippen LogP contribution in [0.5, 0.6) is 0 Å². The fourth-order valence-corrected chi connectivity index (χ4v) is 3.40. The van der Waals surface area contributed by atoms with Crippen molar-refractivity contribution in [2.75, 3.05) is 11.9 Å². The minimum absolute atomic E-state index is 0.0478. The molecule has 0 spiro atoms. The molecule has 0 bridgehead atoms. The van der Waals surface area contributed by atoms with Gasteiger partial charge in [0.05, 0.1) is 17.1 Å². The summed E-state index contributed by atoms with van der Waals surface area (Å²) in [6.07, 6.45) is 1.87. The molecule has 0 saturated carbocycles. The highest BCUT2D eigenvalue weighted by Crippen LogP contribution is 2.32. The fourth-order valence-electron chi connectivity index (χ4n) is 2.34. The van der Waals surface area contributed by atoms with Gasteiger partial charge < -0.3 is 10.1 Å². The number of nitro groups is 1. The van der Waals surface area contributed by atoms with Crippen LogP contribution in [0.3, 0.4) is 0 Å². The second kappa shape index (κ2) is 9.60. The molecule has 2 N–H and O–H groups in total. The summed E-state index contributed by atoms with van der Waals surface area (Å²) in [5, 5.41) is 15.7. The Hall–Kier alpha value is -3.53. The molecule has 2 rings (SSSR count). The van der Waals surface area contributed by atoms with E-state index in [0.717, 1.165) is 4.88 Å². The Morgan fingerprint density at radius 1 is 1.21 bits per heavy atom. The number of benzene rings is 1. The molecule has 0 aliphatic carbocycles. The van der Waals surface area contributed by atoms with Gasteiger partial charge in [-0.05, 0) is 50.1 Å². The number of alkyl carbamates (subject to hydrolysis) is 1. The number of hydrogen-bond acceptors (Lipinski definition) is 7. The summed E-state index contributed by atoms with van der Waals surface area (Å²) in [5.41, 5.74) is 1.39. The van der Waals surface area contributed by atoms with E-state index in [1.807, 2.05) is 0 Å². The number of carbonyl (C=O) groups is 3. The van der Waals surface area contributed by atoms with E-state index in [2.05, 4.69) is 10.6 Å². The van der Waals surface area contributed by atoms with Crippen LogP contribution in [-0.4, -0.2) is 29.4 Å². The number of amides is 3. The lowest BCUT2D eigenvalue weighted by Gasteiger charge is -2.07. The molecule has 1 heterocycles. The number of thiophene rings is 1. The molecule has 3 amide bonds. The summed E-state index contributed by atoms with van der Waals surface area (Å²) in [7, 11) is 0. The predicted molar refractivity (Wildman–Crippen MR) is 109 cm³/mol. The van der Waals surface area contributed by atoms with E-state index in [1.165, 1.54) is 47.8 Å². The first kappa shape index (κ1) is 21.8. The standard InChI is InChI=1S/C19H19N3O6S/c1-4-28-19(25)21-17(24)16-11(2)12(3)29-18(16)20-15(23)10-7-13-5-8-14(9-6-13)22(26)27/h5-10H,4H2,1-3H3,(H,20,23)(H,21,24,25)/b10-7+. The van der Waals surface area contributed by atoms with Gasteiger partial charge in [-0.3, -0.25) is 25.0 Å². The molecule has 1 aromatic carbocycles. The SMILES string of the molecule is CCOC(=O)NC(=O)c1c(NC(=O)/C=C/c2ccc([N+](=O)[O-])cc2)sc(C)c1C. The highest BCUT2D eigenvalue weighted by molar-refractivity contribution is 7.16. The van der Waals surface area contributed by atoms with Crippen molar-refractivity contribution in [3.05, 3.63) is 62.0 Å². The molecule has 9 nitrogen and oxygen atoms in total. The van der Waals surface area contributed by atoms with Crippen LogP contribution in [-0.2, 0) is 9.53 Å². The smallest absolute Gasteiger partial charge is 0.414 e. The molecular formula is C19H19N3O6S. The normalized spacial score (nSPS) is 10.6. The molecule has 29 heavy (non-hydrogen) atoms. The van der Waals surface area contributed by atoms with E-state index in [0.29, 0.717) is 16.1 Å². The number of ether oxygens (including phenoxy) is 1. The lowest BCUT2D eigenvalue weighted by atomic mass is 10.1. The van der Waals surface area contributed by atoms with Gasteiger partial charge >= 0.3 is 6.09 Å². The largest absolute Gasteiger partial charge is 0.450 e. The number of hydrogen-bond donors (Lipinski definition) is 2. The van der Waals surface area contributed by atoms with E-state index >= 15 is 0 Å². The van der Waals surface area contributed by atoms with Crippen LogP contribution < -0.4 is 10.6 Å². The van der Waals surface area contributed by atoms with Crippen molar-refractivity contribution in [1.29, 1.82) is 0 Å². The first-order chi connectivity index (χ1) is 13.7. The van der Waals surface area contributed by atoms with Gasteiger partial charge in [0.25, 0.3) is 11.6 Å². The molecular weight excluding hydrogens is 398 g/mol. The quantitative estimate of drug-likeness (QED) is 0.418. The Labute approximate surface area is 170 Å². The summed E-state index contributed by atoms with van der Waals surface area (Å²) in [6.45, 7) is 5.25.